The first kappa shape index (κ1) is 16.7. The molecule has 0 spiro atoms. The molecule has 0 radical (unpaired) electrons. The van der Waals surface area contributed by atoms with Gasteiger partial charge < -0.3 is 15.4 Å². The standard InChI is InChI=1S/C17H25FN2O2/c1-13-12-14(8-11-22-13)6-9-19-17(21)20-10-7-15-4-2-3-5-16(15)18/h2-5,13-14H,6-12H2,1H3,(H2,19,20,21)/t13-,14-/m1/s1. The molecule has 1 aliphatic heterocycles. The molecule has 2 N–H and O–H groups in total. The van der Waals surface area contributed by atoms with Crippen molar-refractivity contribution < 1.29 is 13.9 Å². The van der Waals surface area contributed by atoms with Crippen molar-refractivity contribution in [3.05, 3.63) is 35.6 Å². The Morgan fingerprint density at radius 1 is 1.32 bits per heavy atom. The molecule has 5 heteroatoms. The second-order valence-electron chi connectivity index (χ2n) is 5.88. The fraction of sp³-hybridized carbons (Fsp3) is 0.588. The van der Waals surface area contributed by atoms with Crippen LogP contribution in [0.1, 0.15) is 31.7 Å². The van der Waals surface area contributed by atoms with Crippen molar-refractivity contribution in [2.75, 3.05) is 19.7 Å². The molecule has 1 heterocycles. The largest absolute Gasteiger partial charge is 0.378 e. The van der Waals surface area contributed by atoms with Gasteiger partial charge in [-0.25, -0.2) is 9.18 Å². The van der Waals surface area contributed by atoms with Gasteiger partial charge in [0, 0.05) is 19.7 Å². The lowest BCUT2D eigenvalue weighted by Gasteiger charge is -2.27. The Bertz CT molecular complexity index is 481. The van der Waals surface area contributed by atoms with Crippen LogP contribution < -0.4 is 10.6 Å². The first-order chi connectivity index (χ1) is 10.6. The van der Waals surface area contributed by atoms with Crippen LogP contribution in [0, 0.1) is 11.7 Å². The van der Waals surface area contributed by atoms with E-state index in [0.717, 1.165) is 25.9 Å². The van der Waals surface area contributed by atoms with Crippen LogP contribution in [0.3, 0.4) is 0 Å². The van der Waals surface area contributed by atoms with Crippen LogP contribution in [0.25, 0.3) is 0 Å². The van der Waals surface area contributed by atoms with Gasteiger partial charge in [-0.3, -0.25) is 0 Å². The fourth-order valence-electron chi connectivity index (χ4n) is 2.82. The van der Waals surface area contributed by atoms with Gasteiger partial charge in [0.2, 0.25) is 0 Å². The van der Waals surface area contributed by atoms with Gasteiger partial charge in [-0.05, 0) is 50.2 Å². The van der Waals surface area contributed by atoms with Crippen LogP contribution in [-0.4, -0.2) is 31.8 Å². The Balaban J connectivity index is 1.57. The molecular weight excluding hydrogens is 283 g/mol. The van der Waals surface area contributed by atoms with Gasteiger partial charge in [-0.1, -0.05) is 18.2 Å². The highest BCUT2D eigenvalue weighted by Crippen LogP contribution is 2.22. The third-order valence-corrected chi connectivity index (χ3v) is 4.07. The van der Waals surface area contributed by atoms with Crippen LogP contribution in [-0.2, 0) is 11.2 Å². The van der Waals surface area contributed by atoms with E-state index in [9.17, 15) is 9.18 Å². The zero-order valence-electron chi connectivity index (χ0n) is 13.1. The molecule has 1 aliphatic rings. The number of halogens is 1. The third kappa shape index (κ3) is 5.64. The van der Waals surface area contributed by atoms with Crippen molar-refractivity contribution in [2.45, 2.75) is 38.7 Å². The molecule has 122 valence electrons. The van der Waals surface area contributed by atoms with E-state index in [1.807, 2.05) is 0 Å². The predicted octanol–water partition coefficient (Wildman–Crippen LogP) is 2.87. The highest BCUT2D eigenvalue weighted by Gasteiger charge is 2.18. The first-order valence-corrected chi connectivity index (χ1v) is 8.02. The Morgan fingerprint density at radius 3 is 2.86 bits per heavy atom. The lowest BCUT2D eigenvalue weighted by Crippen LogP contribution is -2.38. The molecule has 0 unspecified atom stereocenters. The molecule has 2 amide bonds. The second kappa shape index (κ2) is 8.73. The monoisotopic (exact) mass is 308 g/mol. The van der Waals surface area contributed by atoms with Crippen molar-refractivity contribution in [1.29, 1.82) is 0 Å². The summed E-state index contributed by atoms with van der Waals surface area (Å²) < 4.78 is 18.9. The average Bonchev–Trinajstić information content (AvgIpc) is 2.49. The predicted molar refractivity (Wildman–Crippen MR) is 84.3 cm³/mol. The maximum absolute atomic E-state index is 13.4. The van der Waals surface area contributed by atoms with Crippen molar-refractivity contribution in [2.24, 2.45) is 5.92 Å². The molecule has 0 bridgehead atoms. The first-order valence-electron chi connectivity index (χ1n) is 8.02. The number of benzene rings is 1. The Morgan fingerprint density at radius 2 is 2.09 bits per heavy atom. The third-order valence-electron chi connectivity index (χ3n) is 4.07. The number of urea groups is 1. The maximum Gasteiger partial charge on any atom is 0.314 e. The van der Waals surface area contributed by atoms with Gasteiger partial charge >= 0.3 is 6.03 Å². The number of carbonyl (C=O) groups excluding carboxylic acids is 1. The molecule has 1 aromatic rings. The topological polar surface area (TPSA) is 50.4 Å². The van der Waals surface area contributed by atoms with Crippen molar-refractivity contribution in [1.82, 2.24) is 10.6 Å². The smallest absolute Gasteiger partial charge is 0.314 e. The summed E-state index contributed by atoms with van der Waals surface area (Å²) in [6.07, 6.45) is 3.94. The van der Waals surface area contributed by atoms with Crippen LogP contribution in [0.4, 0.5) is 9.18 Å². The molecule has 1 fully saturated rings. The highest BCUT2D eigenvalue weighted by molar-refractivity contribution is 5.73. The molecule has 2 atom stereocenters. The van der Waals surface area contributed by atoms with Gasteiger partial charge in [0.05, 0.1) is 6.10 Å². The van der Waals surface area contributed by atoms with Crippen molar-refractivity contribution in [3.63, 3.8) is 0 Å². The summed E-state index contributed by atoms with van der Waals surface area (Å²) in [4.78, 5) is 11.7. The van der Waals surface area contributed by atoms with Crippen molar-refractivity contribution in [3.8, 4) is 0 Å². The number of rotatable bonds is 6. The molecule has 1 aromatic carbocycles. The van der Waals surface area contributed by atoms with E-state index >= 15 is 0 Å². The van der Waals surface area contributed by atoms with E-state index in [0.29, 0.717) is 37.1 Å². The molecule has 0 saturated carbocycles. The summed E-state index contributed by atoms with van der Waals surface area (Å²) in [6, 6.07) is 6.45. The van der Waals surface area contributed by atoms with Gasteiger partial charge in [0.15, 0.2) is 0 Å². The molecular formula is C17H25FN2O2. The minimum atomic E-state index is -0.224. The van der Waals surface area contributed by atoms with Crippen LogP contribution >= 0.6 is 0 Å². The number of nitrogens with one attached hydrogen (secondary N) is 2. The quantitative estimate of drug-likeness (QED) is 0.849. The summed E-state index contributed by atoms with van der Waals surface area (Å²) >= 11 is 0. The van der Waals surface area contributed by atoms with E-state index < -0.39 is 0 Å². The van der Waals surface area contributed by atoms with Crippen LogP contribution in [0.5, 0.6) is 0 Å². The van der Waals surface area contributed by atoms with E-state index in [4.69, 9.17) is 4.74 Å². The minimum Gasteiger partial charge on any atom is -0.378 e. The molecule has 22 heavy (non-hydrogen) atoms. The minimum absolute atomic E-state index is 0.184. The Hall–Kier alpha value is -1.62. The second-order valence-corrected chi connectivity index (χ2v) is 5.88. The van der Waals surface area contributed by atoms with E-state index in [-0.39, 0.29) is 11.8 Å². The summed E-state index contributed by atoms with van der Waals surface area (Å²) in [5.41, 5.74) is 0.624. The normalized spacial score (nSPS) is 21.4. The zero-order valence-corrected chi connectivity index (χ0v) is 13.1. The van der Waals surface area contributed by atoms with E-state index in [2.05, 4.69) is 17.6 Å². The number of hydrogen-bond acceptors (Lipinski definition) is 2. The Labute approximate surface area is 131 Å². The van der Waals surface area contributed by atoms with Gasteiger partial charge in [0.25, 0.3) is 0 Å². The Kier molecular flexibility index (Phi) is 6.65. The molecule has 2 rings (SSSR count). The fourth-order valence-corrected chi connectivity index (χ4v) is 2.82. The van der Waals surface area contributed by atoms with E-state index in [1.165, 1.54) is 6.07 Å². The number of amides is 2. The zero-order chi connectivity index (χ0) is 15.8. The van der Waals surface area contributed by atoms with Crippen LogP contribution in [0.15, 0.2) is 24.3 Å². The average molecular weight is 308 g/mol. The summed E-state index contributed by atoms with van der Waals surface area (Å²) in [7, 11) is 0. The van der Waals surface area contributed by atoms with Gasteiger partial charge in [0.1, 0.15) is 5.82 Å². The van der Waals surface area contributed by atoms with E-state index in [1.54, 1.807) is 18.2 Å². The van der Waals surface area contributed by atoms with Gasteiger partial charge in [-0.2, -0.15) is 0 Å². The number of hydrogen-bond donors (Lipinski definition) is 2. The summed E-state index contributed by atoms with van der Waals surface area (Å²) in [6.45, 7) is 4.01. The highest BCUT2D eigenvalue weighted by atomic mass is 19.1. The number of carbonyl (C=O) groups is 1. The van der Waals surface area contributed by atoms with Crippen LogP contribution in [0.2, 0.25) is 0 Å². The SMILES string of the molecule is C[C@@H]1C[C@H](CCNC(=O)NCCc2ccccc2F)CCO1. The summed E-state index contributed by atoms with van der Waals surface area (Å²) in [5.74, 6) is 0.404. The van der Waals surface area contributed by atoms with Gasteiger partial charge in [-0.15, -0.1) is 0 Å². The summed E-state index contributed by atoms with van der Waals surface area (Å²) in [5, 5.41) is 5.62. The van der Waals surface area contributed by atoms with Crippen molar-refractivity contribution >= 4 is 6.03 Å². The molecule has 1 saturated heterocycles. The lowest BCUT2D eigenvalue weighted by molar-refractivity contribution is 0.00117. The number of ether oxygens (including phenoxy) is 1. The lowest BCUT2D eigenvalue weighted by atomic mass is 9.93. The molecule has 0 aromatic heterocycles. The molecule has 0 aliphatic carbocycles. The maximum atomic E-state index is 13.4. The molecule has 4 nitrogen and oxygen atoms in total.